The molecule has 3 heterocycles. The number of aromatic nitrogens is 4. The van der Waals surface area contributed by atoms with Crippen LogP contribution >= 0.6 is 11.8 Å². The molecule has 0 radical (unpaired) electrons. The first-order chi connectivity index (χ1) is 15.7. The summed E-state index contributed by atoms with van der Waals surface area (Å²) in [5, 5.41) is 6.04. The Labute approximate surface area is 189 Å². The van der Waals surface area contributed by atoms with Gasteiger partial charge in [0, 0.05) is 13.1 Å². The van der Waals surface area contributed by atoms with E-state index >= 15 is 0 Å². The molecule has 0 fully saturated rings. The van der Waals surface area contributed by atoms with Gasteiger partial charge in [-0.2, -0.15) is 5.10 Å². The van der Waals surface area contributed by atoms with Crippen LogP contribution < -0.4 is 9.47 Å². The molecule has 0 unspecified atom stereocenters. The van der Waals surface area contributed by atoms with Gasteiger partial charge in [0.15, 0.2) is 17.1 Å². The molecule has 0 spiro atoms. The summed E-state index contributed by atoms with van der Waals surface area (Å²) in [6, 6.07) is 15.6. The molecule has 0 saturated heterocycles. The van der Waals surface area contributed by atoms with E-state index in [4.69, 9.17) is 9.47 Å². The van der Waals surface area contributed by atoms with Crippen LogP contribution in [0.15, 0.2) is 66.1 Å². The Morgan fingerprint density at radius 1 is 1.12 bits per heavy atom. The first kappa shape index (κ1) is 20.3. The summed E-state index contributed by atoms with van der Waals surface area (Å²) >= 11 is 1.40. The van der Waals surface area contributed by atoms with Crippen molar-refractivity contribution in [1.82, 2.24) is 24.6 Å². The highest BCUT2D eigenvalue weighted by Gasteiger charge is 2.18. The second-order valence-corrected chi connectivity index (χ2v) is 8.16. The number of thioether (sulfide) groups is 1. The van der Waals surface area contributed by atoms with E-state index in [-0.39, 0.29) is 18.5 Å². The fourth-order valence-corrected chi connectivity index (χ4v) is 4.42. The quantitative estimate of drug-likeness (QED) is 0.316. The van der Waals surface area contributed by atoms with Gasteiger partial charge in [-0.3, -0.25) is 4.79 Å². The van der Waals surface area contributed by atoms with Gasteiger partial charge in [-0.1, -0.05) is 36.0 Å². The number of hydrogen-bond donors (Lipinski definition) is 0. The van der Waals surface area contributed by atoms with Crippen molar-refractivity contribution >= 4 is 28.7 Å². The van der Waals surface area contributed by atoms with Gasteiger partial charge in [0.25, 0.3) is 0 Å². The molecule has 0 atom stereocenters. The number of ether oxygens (including phenoxy) is 2. The lowest BCUT2D eigenvalue weighted by atomic mass is 10.2. The molecule has 0 saturated carbocycles. The van der Waals surface area contributed by atoms with Crippen molar-refractivity contribution < 1.29 is 14.3 Å². The maximum atomic E-state index is 12.9. The highest BCUT2D eigenvalue weighted by molar-refractivity contribution is 8.00. The van der Waals surface area contributed by atoms with E-state index in [0.29, 0.717) is 18.7 Å². The number of para-hydroxylation sites is 1. The van der Waals surface area contributed by atoms with Gasteiger partial charge >= 0.3 is 0 Å². The minimum atomic E-state index is 0.0392. The lowest BCUT2D eigenvalue weighted by molar-refractivity contribution is -0.128. The lowest BCUT2D eigenvalue weighted by Crippen LogP contribution is -2.31. The molecule has 162 valence electrons. The van der Waals surface area contributed by atoms with Gasteiger partial charge in [0.1, 0.15) is 11.4 Å². The monoisotopic (exact) mass is 447 g/mol. The van der Waals surface area contributed by atoms with Crippen molar-refractivity contribution in [3.05, 3.63) is 66.6 Å². The van der Waals surface area contributed by atoms with Crippen molar-refractivity contribution in [2.75, 3.05) is 19.1 Å². The third kappa shape index (κ3) is 3.99. The van der Waals surface area contributed by atoms with Gasteiger partial charge in [-0.05, 0) is 36.8 Å². The van der Waals surface area contributed by atoms with Crippen molar-refractivity contribution in [3.8, 4) is 17.2 Å². The number of carbonyl (C=O) groups is 1. The van der Waals surface area contributed by atoms with Crippen LogP contribution in [0.1, 0.15) is 12.5 Å². The van der Waals surface area contributed by atoms with Gasteiger partial charge in [0.05, 0.1) is 23.0 Å². The van der Waals surface area contributed by atoms with Crippen molar-refractivity contribution in [2.24, 2.45) is 0 Å². The molecule has 0 bridgehead atoms. The van der Waals surface area contributed by atoms with Crippen LogP contribution in [0.25, 0.3) is 16.7 Å². The number of amides is 1. The predicted octanol–water partition coefficient (Wildman–Crippen LogP) is 3.69. The van der Waals surface area contributed by atoms with Crippen LogP contribution in [0.2, 0.25) is 0 Å². The van der Waals surface area contributed by atoms with E-state index in [1.54, 1.807) is 10.9 Å². The molecule has 1 aliphatic rings. The molecule has 32 heavy (non-hydrogen) atoms. The summed E-state index contributed by atoms with van der Waals surface area (Å²) in [6.07, 6.45) is 3.26. The normalized spacial score (nSPS) is 12.3. The first-order valence-electron chi connectivity index (χ1n) is 10.3. The van der Waals surface area contributed by atoms with E-state index in [2.05, 4.69) is 15.1 Å². The third-order valence-corrected chi connectivity index (χ3v) is 6.20. The molecule has 8 nitrogen and oxygen atoms in total. The van der Waals surface area contributed by atoms with Gasteiger partial charge in [0.2, 0.25) is 12.7 Å². The maximum absolute atomic E-state index is 12.9. The number of rotatable bonds is 7. The molecule has 5 rings (SSSR count). The zero-order valence-electron chi connectivity index (χ0n) is 17.5. The average Bonchev–Trinajstić information content (AvgIpc) is 3.48. The van der Waals surface area contributed by atoms with Gasteiger partial charge in [-0.25, -0.2) is 14.6 Å². The van der Waals surface area contributed by atoms with Crippen LogP contribution in [-0.2, 0) is 11.3 Å². The molecule has 2 aromatic carbocycles. The average molecular weight is 448 g/mol. The van der Waals surface area contributed by atoms with Crippen LogP contribution in [0.4, 0.5) is 0 Å². The Morgan fingerprint density at radius 2 is 1.97 bits per heavy atom. The van der Waals surface area contributed by atoms with Crippen LogP contribution in [0.3, 0.4) is 0 Å². The molecule has 4 aromatic rings. The number of nitrogens with zero attached hydrogens (tertiary/aromatic N) is 5. The molecule has 0 aliphatic carbocycles. The summed E-state index contributed by atoms with van der Waals surface area (Å²) < 4.78 is 12.6. The summed E-state index contributed by atoms with van der Waals surface area (Å²) in [5.41, 5.74) is 2.64. The molecular formula is C23H21N5O3S. The first-order valence-corrected chi connectivity index (χ1v) is 11.2. The van der Waals surface area contributed by atoms with E-state index in [9.17, 15) is 4.79 Å². The van der Waals surface area contributed by atoms with E-state index in [0.717, 1.165) is 33.2 Å². The Hall–Kier alpha value is -3.59. The summed E-state index contributed by atoms with van der Waals surface area (Å²) in [6.45, 7) is 3.33. The second kappa shape index (κ2) is 8.88. The SMILES string of the molecule is CCN(Cc1ccc2c(c1)OCO2)C(=O)CSc1ncnc2c1cnn2-c1ccccc1. The minimum Gasteiger partial charge on any atom is -0.454 e. The van der Waals surface area contributed by atoms with E-state index < -0.39 is 0 Å². The maximum Gasteiger partial charge on any atom is 0.233 e. The Kier molecular flexibility index (Phi) is 5.64. The van der Waals surface area contributed by atoms with E-state index in [1.165, 1.54) is 18.1 Å². The van der Waals surface area contributed by atoms with Crippen molar-refractivity contribution in [2.45, 2.75) is 18.5 Å². The Morgan fingerprint density at radius 3 is 2.81 bits per heavy atom. The number of carbonyl (C=O) groups excluding carboxylic acids is 1. The topological polar surface area (TPSA) is 82.4 Å². The summed E-state index contributed by atoms with van der Waals surface area (Å²) in [5.74, 6) is 1.78. The summed E-state index contributed by atoms with van der Waals surface area (Å²) in [4.78, 5) is 23.5. The molecule has 2 aromatic heterocycles. The highest BCUT2D eigenvalue weighted by atomic mass is 32.2. The third-order valence-electron chi connectivity index (χ3n) is 5.21. The fraction of sp³-hybridized carbons (Fsp3) is 0.217. The molecule has 1 amide bonds. The number of fused-ring (bicyclic) bond motifs is 2. The van der Waals surface area contributed by atoms with Crippen LogP contribution in [0.5, 0.6) is 11.5 Å². The smallest absolute Gasteiger partial charge is 0.233 e. The lowest BCUT2D eigenvalue weighted by Gasteiger charge is -2.21. The number of benzene rings is 2. The van der Waals surface area contributed by atoms with Crippen LogP contribution in [0, 0.1) is 0 Å². The number of hydrogen-bond acceptors (Lipinski definition) is 7. The van der Waals surface area contributed by atoms with Crippen molar-refractivity contribution in [3.63, 3.8) is 0 Å². The molecule has 0 N–H and O–H groups in total. The zero-order chi connectivity index (χ0) is 21.9. The fourth-order valence-electron chi connectivity index (χ4n) is 3.55. The van der Waals surface area contributed by atoms with E-state index in [1.807, 2.05) is 60.4 Å². The second-order valence-electron chi connectivity index (χ2n) is 7.19. The summed E-state index contributed by atoms with van der Waals surface area (Å²) in [7, 11) is 0. The molecule has 9 heteroatoms. The highest BCUT2D eigenvalue weighted by Crippen LogP contribution is 2.33. The predicted molar refractivity (Wildman–Crippen MR) is 121 cm³/mol. The standard InChI is InChI=1S/C23H21N5O3S/c1-2-27(12-16-8-9-19-20(10-16)31-15-30-19)21(29)13-32-23-18-11-26-28(22(18)24-14-25-23)17-6-4-3-5-7-17/h3-11,14H,2,12-13,15H2,1H3. The molecule has 1 aliphatic heterocycles. The molecular weight excluding hydrogens is 426 g/mol. The van der Waals surface area contributed by atoms with Crippen molar-refractivity contribution in [1.29, 1.82) is 0 Å². The van der Waals surface area contributed by atoms with Gasteiger partial charge < -0.3 is 14.4 Å². The largest absolute Gasteiger partial charge is 0.454 e. The minimum absolute atomic E-state index is 0.0392. The van der Waals surface area contributed by atoms with Gasteiger partial charge in [-0.15, -0.1) is 0 Å². The Bertz CT molecular complexity index is 1260. The Balaban J connectivity index is 1.29. The zero-order valence-corrected chi connectivity index (χ0v) is 18.3. The van der Waals surface area contributed by atoms with Crippen LogP contribution in [-0.4, -0.2) is 49.6 Å².